The Morgan fingerprint density at radius 1 is 1.17 bits per heavy atom. The van der Waals surface area contributed by atoms with E-state index in [0.29, 0.717) is 12.2 Å². The Hall–Kier alpha value is -2.07. The van der Waals surface area contributed by atoms with Crippen molar-refractivity contribution < 1.29 is 4.92 Å². The summed E-state index contributed by atoms with van der Waals surface area (Å²) in [6.45, 7) is 0.611. The van der Waals surface area contributed by atoms with Crippen LogP contribution < -0.4 is 5.32 Å². The van der Waals surface area contributed by atoms with Crippen LogP contribution in [0.3, 0.4) is 0 Å². The van der Waals surface area contributed by atoms with E-state index in [9.17, 15) is 10.1 Å². The summed E-state index contributed by atoms with van der Waals surface area (Å²) in [5, 5.41) is 14.0. The third-order valence-corrected chi connectivity index (χ3v) is 2.80. The fourth-order valence-electron chi connectivity index (χ4n) is 1.56. The molecule has 1 N–H and O–H groups in total. The Bertz CT molecular complexity index is 558. The van der Waals surface area contributed by atoms with Gasteiger partial charge in [-0.3, -0.25) is 10.1 Å². The number of hydrogen-bond acceptors (Lipinski definition) is 3. The third-order valence-electron chi connectivity index (χ3n) is 2.48. The van der Waals surface area contributed by atoms with Crippen molar-refractivity contribution in [2.45, 2.75) is 6.54 Å². The van der Waals surface area contributed by atoms with Crippen molar-refractivity contribution in [1.29, 1.82) is 0 Å². The molecular weight excluding hydrogens is 252 g/mol. The molecule has 0 fully saturated rings. The van der Waals surface area contributed by atoms with Gasteiger partial charge in [0.2, 0.25) is 0 Å². The molecule has 0 heterocycles. The Morgan fingerprint density at radius 3 is 2.56 bits per heavy atom. The average Bonchev–Trinajstić information content (AvgIpc) is 2.38. The van der Waals surface area contributed by atoms with Gasteiger partial charge in [-0.25, -0.2) is 0 Å². The first kappa shape index (κ1) is 12.4. The quantitative estimate of drug-likeness (QED) is 0.672. The van der Waals surface area contributed by atoms with Gasteiger partial charge in [0.05, 0.1) is 4.92 Å². The minimum atomic E-state index is -0.490. The average molecular weight is 263 g/mol. The zero-order valence-corrected chi connectivity index (χ0v) is 10.2. The van der Waals surface area contributed by atoms with E-state index < -0.39 is 4.92 Å². The second-order valence-electron chi connectivity index (χ2n) is 3.76. The molecule has 5 heteroatoms. The van der Waals surface area contributed by atoms with Crippen molar-refractivity contribution in [3.8, 4) is 0 Å². The van der Waals surface area contributed by atoms with Crippen LogP contribution in [-0.4, -0.2) is 4.92 Å². The van der Waals surface area contributed by atoms with E-state index in [-0.39, 0.29) is 10.7 Å². The molecular formula is C13H11ClN2O2. The molecule has 2 rings (SSSR count). The van der Waals surface area contributed by atoms with Crippen LogP contribution in [0, 0.1) is 10.1 Å². The molecule has 0 spiro atoms. The normalized spacial score (nSPS) is 10.1. The molecule has 18 heavy (non-hydrogen) atoms. The number of benzene rings is 2. The molecule has 0 saturated heterocycles. The minimum Gasteiger partial charge on any atom is -0.381 e. The molecule has 0 aliphatic carbocycles. The third kappa shape index (κ3) is 2.99. The first-order valence-electron chi connectivity index (χ1n) is 5.38. The van der Waals surface area contributed by atoms with Crippen LogP contribution in [0.2, 0.25) is 5.02 Å². The molecule has 0 bridgehead atoms. The summed E-state index contributed by atoms with van der Waals surface area (Å²) in [4.78, 5) is 10.3. The lowest BCUT2D eigenvalue weighted by molar-refractivity contribution is -0.384. The van der Waals surface area contributed by atoms with Crippen LogP contribution >= 0.6 is 11.6 Å². The molecule has 0 saturated carbocycles. The summed E-state index contributed by atoms with van der Waals surface area (Å²) in [6.07, 6.45) is 0. The molecule has 0 aliphatic heterocycles. The maximum atomic E-state index is 10.7. The summed E-state index contributed by atoms with van der Waals surface area (Å²) in [7, 11) is 0. The van der Waals surface area contributed by atoms with Crippen molar-refractivity contribution >= 4 is 23.0 Å². The Labute approximate surface area is 109 Å². The maximum Gasteiger partial charge on any atom is 0.289 e. The first-order valence-corrected chi connectivity index (χ1v) is 5.76. The lowest BCUT2D eigenvalue weighted by atomic mass is 10.2. The van der Waals surface area contributed by atoms with Gasteiger partial charge in [-0.15, -0.1) is 0 Å². The van der Waals surface area contributed by atoms with E-state index in [1.54, 1.807) is 6.07 Å². The first-order chi connectivity index (χ1) is 8.66. The van der Waals surface area contributed by atoms with E-state index in [1.165, 1.54) is 12.1 Å². The van der Waals surface area contributed by atoms with Crippen molar-refractivity contribution in [3.63, 3.8) is 0 Å². The number of rotatable bonds is 4. The van der Waals surface area contributed by atoms with Gasteiger partial charge in [-0.05, 0) is 17.7 Å². The lowest BCUT2D eigenvalue weighted by Gasteiger charge is -2.06. The van der Waals surface area contributed by atoms with Crippen LogP contribution in [0.5, 0.6) is 0 Å². The predicted octanol–water partition coefficient (Wildman–Crippen LogP) is 3.86. The van der Waals surface area contributed by atoms with Gasteiger partial charge in [0.15, 0.2) is 0 Å². The largest absolute Gasteiger partial charge is 0.381 e. The van der Waals surface area contributed by atoms with Gasteiger partial charge in [0, 0.05) is 18.3 Å². The van der Waals surface area contributed by atoms with E-state index in [0.717, 1.165) is 5.56 Å². The van der Waals surface area contributed by atoms with Crippen LogP contribution in [0.25, 0.3) is 0 Å². The van der Waals surface area contributed by atoms with Crippen molar-refractivity contribution in [3.05, 3.63) is 69.2 Å². The van der Waals surface area contributed by atoms with Gasteiger partial charge in [-0.2, -0.15) is 0 Å². The highest BCUT2D eigenvalue weighted by atomic mass is 35.5. The molecule has 2 aromatic rings. The second kappa shape index (κ2) is 5.51. The molecule has 0 amide bonds. The number of nitro groups is 1. The zero-order valence-electron chi connectivity index (χ0n) is 9.47. The summed E-state index contributed by atoms with van der Waals surface area (Å²) < 4.78 is 0. The number of hydrogen-bond donors (Lipinski definition) is 1. The number of nitro benzene ring substituents is 1. The van der Waals surface area contributed by atoms with Crippen molar-refractivity contribution in [2.24, 2.45) is 0 Å². The number of nitrogens with zero attached hydrogens (tertiary/aromatic N) is 1. The lowest BCUT2D eigenvalue weighted by Crippen LogP contribution is -2.00. The number of nitrogens with one attached hydrogen (secondary N) is 1. The van der Waals surface area contributed by atoms with E-state index in [1.807, 2.05) is 30.3 Å². The molecule has 4 nitrogen and oxygen atoms in total. The summed E-state index contributed by atoms with van der Waals surface area (Å²) in [5.74, 6) is 0. The van der Waals surface area contributed by atoms with E-state index in [2.05, 4.69) is 5.32 Å². The molecule has 0 radical (unpaired) electrons. The highest BCUT2D eigenvalue weighted by Gasteiger charge is 2.12. The van der Waals surface area contributed by atoms with Crippen LogP contribution in [0.1, 0.15) is 5.56 Å². The van der Waals surface area contributed by atoms with E-state index in [4.69, 9.17) is 11.6 Å². The van der Waals surface area contributed by atoms with Crippen LogP contribution in [-0.2, 0) is 6.54 Å². The molecule has 0 aliphatic rings. The monoisotopic (exact) mass is 262 g/mol. The zero-order chi connectivity index (χ0) is 13.0. The maximum absolute atomic E-state index is 10.7. The smallest absolute Gasteiger partial charge is 0.289 e. The highest BCUT2D eigenvalue weighted by Crippen LogP contribution is 2.27. The van der Waals surface area contributed by atoms with Gasteiger partial charge in [0.25, 0.3) is 5.69 Å². The number of anilines is 1. The molecule has 0 aromatic heterocycles. The van der Waals surface area contributed by atoms with Crippen molar-refractivity contribution in [2.75, 3.05) is 5.32 Å². The summed E-state index contributed by atoms with van der Waals surface area (Å²) in [5.41, 5.74) is 1.69. The fourth-order valence-corrected chi connectivity index (χ4v) is 1.75. The molecule has 2 aromatic carbocycles. The fraction of sp³-hybridized carbons (Fsp3) is 0.0769. The summed E-state index contributed by atoms with van der Waals surface area (Å²) in [6, 6.07) is 14.5. The molecule has 92 valence electrons. The standard InChI is InChI=1S/C13H11ClN2O2/c14-12-7-6-11(8-13(12)16(17)18)15-9-10-4-2-1-3-5-10/h1-8,15H,9H2. The highest BCUT2D eigenvalue weighted by molar-refractivity contribution is 6.32. The van der Waals surface area contributed by atoms with E-state index >= 15 is 0 Å². The molecule has 0 atom stereocenters. The van der Waals surface area contributed by atoms with Crippen LogP contribution in [0.4, 0.5) is 11.4 Å². The Balaban J connectivity index is 2.11. The van der Waals surface area contributed by atoms with Gasteiger partial charge >= 0.3 is 0 Å². The number of halogens is 1. The van der Waals surface area contributed by atoms with Crippen LogP contribution in [0.15, 0.2) is 48.5 Å². The van der Waals surface area contributed by atoms with Gasteiger partial charge in [-0.1, -0.05) is 41.9 Å². The van der Waals surface area contributed by atoms with Gasteiger partial charge in [0.1, 0.15) is 5.02 Å². The van der Waals surface area contributed by atoms with Gasteiger partial charge < -0.3 is 5.32 Å². The topological polar surface area (TPSA) is 55.2 Å². The SMILES string of the molecule is O=[N+]([O-])c1cc(NCc2ccccc2)ccc1Cl. The summed E-state index contributed by atoms with van der Waals surface area (Å²) >= 11 is 5.74. The second-order valence-corrected chi connectivity index (χ2v) is 4.17. The minimum absolute atomic E-state index is 0.0882. The van der Waals surface area contributed by atoms with Crippen molar-refractivity contribution in [1.82, 2.24) is 0 Å². The Morgan fingerprint density at radius 2 is 1.89 bits per heavy atom. The molecule has 0 unspecified atom stereocenters. The Kier molecular flexibility index (Phi) is 3.79. The predicted molar refractivity (Wildman–Crippen MR) is 71.9 cm³/mol.